The second kappa shape index (κ2) is 6.74. The minimum absolute atomic E-state index is 0.361. The van der Waals surface area contributed by atoms with Crippen molar-refractivity contribution in [1.29, 1.82) is 0 Å². The standard InChI is InChI=1S/C18H19NOS/c1-19-16(18-10-5-13-21-18)11-12-20-17-9-4-7-14-6-2-3-8-15(14)17/h2-10,13,16,19H,11-12H2,1H3. The first-order chi connectivity index (χ1) is 10.4. The zero-order valence-corrected chi connectivity index (χ0v) is 12.9. The van der Waals surface area contributed by atoms with E-state index < -0.39 is 0 Å². The van der Waals surface area contributed by atoms with Crippen LogP contribution in [0.5, 0.6) is 5.75 Å². The highest BCUT2D eigenvalue weighted by Gasteiger charge is 2.10. The highest BCUT2D eigenvalue weighted by Crippen LogP contribution is 2.26. The minimum Gasteiger partial charge on any atom is -0.493 e. The Hall–Kier alpha value is -1.84. The lowest BCUT2D eigenvalue weighted by Gasteiger charge is -2.15. The van der Waals surface area contributed by atoms with Crippen LogP contribution in [0.1, 0.15) is 17.3 Å². The summed E-state index contributed by atoms with van der Waals surface area (Å²) in [6, 6.07) is 19.2. The van der Waals surface area contributed by atoms with Crippen molar-refractivity contribution < 1.29 is 4.74 Å². The molecule has 0 fully saturated rings. The van der Waals surface area contributed by atoms with E-state index in [0.717, 1.165) is 12.2 Å². The van der Waals surface area contributed by atoms with Gasteiger partial charge in [-0.25, -0.2) is 0 Å². The summed E-state index contributed by atoms with van der Waals surface area (Å²) in [4.78, 5) is 1.36. The highest BCUT2D eigenvalue weighted by atomic mass is 32.1. The van der Waals surface area contributed by atoms with Crippen molar-refractivity contribution in [2.45, 2.75) is 12.5 Å². The maximum Gasteiger partial charge on any atom is 0.127 e. The third-order valence-electron chi connectivity index (χ3n) is 3.65. The Morgan fingerprint density at radius 2 is 1.90 bits per heavy atom. The summed E-state index contributed by atoms with van der Waals surface area (Å²) in [6.45, 7) is 0.706. The molecule has 0 bridgehead atoms. The number of thiophene rings is 1. The summed E-state index contributed by atoms with van der Waals surface area (Å²) in [5.41, 5.74) is 0. The Morgan fingerprint density at radius 3 is 2.71 bits per heavy atom. The number of hydrogen-bond acceptors (Lipinski definition) is 3. The molecule has 0 aliphatic carbocycles. The molecule has 2 nitrogen and oxygen atoms in total. The van der Waals surface area contributed by atoms with Crippen molar-refractivity contribution in [3.8, 4) is 5.75 Å². The predicted octanol–water partition coefficient (Wildman–Crippen LogP) is 4.63. The number of ether oxygens (including phenoxy) is 1. The third kappa shape index (κ3) is 3.26. The van der Waals surface area contributed by atoms with Gasteiger partial charge < -0.3 is 10.1 Å². The first-order valence-corrected chi connectivity index (χ1v) is 8.07. The van der Waals surface area contributed by atoms with Gasteiger partial charge in [0.05, 0.1) is 6.61 Å². The first-order valence-electron chi connectivity index (χ1n) is 7.19. The van der Waals surface area contributed by atoms with Crippen LogP contribution in [0.3, 0.4) is 0 Å². The largest absolute Gasteiger partial charge is 0.493 e. The van der Waals surface area contributed by atoms with Crippen LogP contribution >= 0.6 is 11.3 Å². The van der Waals surface area contributed by atoms with Gasteiger partial charge in [0.15, 0.2) is 0 Å². The van der Waals surface area contributed by atoms with Gasteiger partial charge in [-0.2, -0.15) is 0 Å². The van der Waals surface area contributed by atoms with E-state index in [1.54, 1.807) is 11.3 Å². The quantitative estimate of drug-likeness (QED) is 0.716. The van der Waals surface area contributed by atoms with Crippen molar-refractivity contribution in [2.75, 3.05) is 13.7 Å². The van der Waals surface area contributed by atoms with Gasteiger partial charge in [-0.15, -0.1) is 11.3 Å². The molecule has 1 N–H and O–H groups in total. The summed E-state index contributed by atoms with van der Waals surface area (Å²) < 4.78 is 6.01. The first kappa shape index (κ1) is 14.1. The van der Waals surface area contributed by atoms with Gasteiger partial charge in [-0.3, -0.25) is 0 Å². The van der Waals surface area contributed by atoms with Gasteiger partial charge in [-0.1, -0.05) is 42.5 Å². The van der Waals surface area contributed by atoms with Crippen LogP contribution in [0.2, 0.25) is 0 Å². The summed E-state index contributed by atoms with van der Waals surface area (Å²) in [5.74, 6) is 0.967. The Labute approximate surface area is 129 Å². The van der Waals surface area contributed by atoms with Crippen LogP contribution in [0, 0.1) is 0 Å². The molecule has 1 unspecified atom stereocenters. The zero-order chi connectivity index (χ0) is 14.5. The van der Waals surface area contributed by atoms with E-state index in [1.807, 2.05) is 19.2 Å². The lowest BCUT2D eigenvalue weighted by atomic mass is 10.1. The molecule has 0 amide bonds. The molecule has 3 aromatic rings. The van der Waals surface area contributed by atoms with E-state index in [0.29, 0.717) is 12.6 Å². The van der Waals surface area contributed by atoms with Crippen molar-refractivity contribution in [1.82, 2.24) is 5.32 Å². The Balaban J connectivity index is 1.67. The Kier molecular flexibility index (Phi) is 4.53. The molecular formula is C18H19NOS. The van der Waals surface area contributed by atoms with Gasteiger partial charge >= 0.3 is 0 Å². The lowest BCUT2D eigenvalue weighted by Crippen LogP contribution is -2.18. The van der Waals surface area contributed by atoms with Gasteiger partial charge in [-0.05, 0) is 29.9 Å². The van der Waals surface area contributed by atoms with E-state index in [9.17, 15) is 0 Å². The van der Waals surface area contributed by atoms with Crippen LogP contribution in [0.4, 0.5) is 0 Å². The molecule has 1 atom stereocenters. The van der Waals surface area contributed by atoms with Crippen molar-refractivity contribution in [3.05, 3.63) is 64.9 Å². The summed E-state index contributed by atoms with van der Waals surface area (Å²) >= 11 is 1.79. The van der Waals surface area contributed by atoms with Crippen LogP contribution in [0.25, 0.3) is 10.8 Å². The van der Waals surface area contributed by atoms with Crippen molar-refractivity contribution in [3.63, 3.8) is 0 Å². The van der Waals surface area contributed by atoms with Crippen LogP contribution in [0.15, 0.2) is 60.0 Å². The summed E-state index contributed by atoms with van der Waals surface area (Å²) in [7, 11) is 2.00. The average molecular weight is 297 g/mol. The molecule has 0 saturated heterocycles. The normalized spacial score (nSPS) is 12.4. The molecule has 0 spiro atoms. The fourth-order valence-corrected chi connectivity index (χ4v) is 3.40. The van der Waals surface area contributed by atoms with Gasteiger partial charge in [0.25, 0.3) is 0 Å². The second-order valence-electron chi connectivity index (χ2n) is 4.97. The molecule has 0 aliphatic rings. The van der Waals surface area contributed by atoms with E-state index >= 15 is 0 Å². The Bertz CT molecular complexity index is 688. The number of benzene rings is 2. The van der Waals surface area contributed by atoms with Crippen molar-refractivity contribution in [2.24, 2.45) is 0 Å². The van der Waals surface area contributed by atoms with Gasteiger partial charge in [0, 0.05) is 22.7 Å². The fraction of sp³-hybridized carbons (Fsp3) is 0.222. The SMILES string of the molecule is CNC(CCOc1cccc2ccccc12)c1cccs1. The van der Waals surface area contributed by atoms with Crippen LogP contribution in [-0.4, -0.2) is 13.7 Å². The smallest absolute Gasteiger partial charge is 0.127 e. The number of nitrogens with one attached hydrogen (secondary N) is 1. The molecule has 3 heteroatoms. The minimum atomic E-state index is 0.361. The second-order valence-corrected chi connectivity index (χ2v) is 5.95. The van der Waals surface area contributed by atoms with Gasteiger partial charge in [0.1, 0.15) is 5.75 Å². The molecule has 21 heavy (non-hydrogen) atoms. The van der Waals surface area contributed by atoms with E-state index in [1.165, 1.54) is 15.6 Å². The van der Waals surface area contributed by atoms with Crippen LogP contribution < -0.4 is 10.1 Å². The molecule has 108 valence electrons. The predicted molar refractivity (Wildman–Crippen MR) is 90.2 cm³/mol. The molecule has 1 heterocycles. The average Bonchev–Trinajstić information content (AvgIpc) is 3.06. The molecular weight excluding hydrogens is 278 g/mol. The molecule has 0 aliphatic heterocycles. The number of rotatable bonds is 6. The lowest BCUT2D eigenvalue weighted by molar-refractivity contribution is 0.294. The number of fused-ring (bicyclic) bond motifs is 1. The highest BCUT2D eigenvalue weighted by molar-refractivity contribution is 7.10. The van der Waals surface area contributed by atoms with Crippen LogP contribution in [-0.2, 0) is 0 Å². The zero-order valence-electron chi connectivity index (χ0n) is 12.1. The molecule has 0 radical (unpaired) electrons. The maximum absolute atomic E-state index is 6.01. The van der Waals surface area contributed by atoms with E-state index in [-0.39, 0.29) is 0 Å². The summed E-state index contributed by atoms with van der Waals surface area (Å²) in [5, 5.41) is 7.87. The third-order valence-corrected chi connectivity index (χ3v) is 4.63. The Morgan fingerprint density at radius 1 is 1.05 bits per heavy atom. The van der Waals surface area contributed by atoms with Crippen molar-refractivity contribution >= 4 is 22.1 Å². The molecule has 1 aromatic heterocycles. The topological polar surface area (TPSA) is 21.3 Å². The molecule has 3 rings (SSSR count). The molecule has 2 aromatic carbocycles. The monoisotopic (exact) mass is 297 g/mol. The number of hydrogen-bond donors (Lipinski definition) is 1. The molecule has 0 saturated carbocycles. The van der Waals surface area contributed by atoms with Gasteiger partial charge in [0.2, 0.25) is 0 Å². The maximum atomic E-state index is 6.01. The fourth-order valence-electron chi connectivity index (χ4n) is 2.53. The van der Waals surface area contributed by atoms with E-state index in [2.05, 4.69) is 53.2 Å². The van der Waals surface area contributed by atoms with E-state index in [4.69, 9.17) is 4.74 Å². The summed E-state index contributed by atoms with van der Waals surface area (Å²) in [6.07, 6.45) is 0.959.